The van der Waals surface area contributed by atoms with Crippen LogP contribution in [0.3, 0.4) is 0 Å². The highest BCUT2D eigenvalue weighted by Gasteiger charge is 2.17. The molecule has 35 heavy (non-hydrogen) atoms. The van der Waals surface area contributed by atoms with Crippen LogP contribution in [0, 0.1) is 0 Å². The van der Waals surface area contributed by atoms with Crippen molar-refractivity contribution in [2.45, 2.75) is 0 Å². The molecule has 2 N–H and O–H groups in total. The summed E-state index contributed by atoms with van der Waals surface area (Å²) in [6, 6.07) is 7.74. The summed E-state index contributed by atoms with van der Waals surface area (Å²) >= 11 is 0. The molecule has 6 aromatic heterocycles. The molecule has 0 bridgehead atoms. The minimum Gasteiger partial charge on any atom is -0.491 e. The van der Waals surface area contributed by atoms with E-state index in [9.17, 15) is 0 Å². The van der Waals surface area contributed by atoms with E-state index in [1.54, 1.807) is 37.3 Å². The predicted octanol–water partition coefficient (Wildman–Crippen LogP) is 4.16. The van der Waals surface area contributed by atoms with Crippen molar-refractivity contribution in [3.05, 3.63) is 61.6 Å². The molecule has 0 radical (unpaired) electrons. The molecule has 6 aromatic rings. The molecule has 6 rings (SSSR count). The van der Waals surface area contributed by atoms with Crippen LogP contribution in [0.1, 0.15) is 0 Å². The van der Waals surface area contributed by atoms with E-state index in [1.165, 1.54) is 0 Å². The van der Waals surface area contributed by atoms with Crippen molar-refractivity contribution in [3.63, 3.8) is 0 Å². The molecular weight excluding hydrogens is 444 g/mol. The number of furan rings is 1. The molecule has 0 aliphatic carbocycles. The number of nitrogens with zero attached hydrogens (tertiary/aromatic N) is 6. The van der Waals surface area contributed by atoms with Crippen molar-refractivity contribution in [1.29, 1.82) is 0 Å². The standard InChI is InChI=1S/C25H22N8O2/c1-33(2)6-8-35-17-9-16(11-26-12-17)20-10-19-21(13-28-20)31-32-23(19)25-29-22-18(15-4-7-34-14-15)3-5-27-24(22)30-25/h3-5,7,9-14H,6,8H2,1-2H3,(H,31,32)(H,27,29,30). The van der Waals surface area contributed by atoms with E-state index in [0.717, 1.165) is 45.3 Å². The molecular formula is C25H22N8O2. The summed E-state index contributed by atoms with van der Waals surface area (Å²) in [6.07, 6.45) is 10.3. The number of aromatic amines is 2. The number of ether oxygens (including phenoxy) is 1. The molecule has 0 fully saturated rings. The zero-order valence-corrected chi connectivity index (χ0v) is 19.2. The Labute approximate surface area is 200 Å². The van der Waals surface area contributed by atoms with Gasteiger partial charge in [0, 0.05) is 41.0 Å². The van der Waals surface area contributed by atoms with Crippen LogP contribution in [0.15, 0.2) is 66.0 Å². The molecule has 10 nitrogen and oxygen atoms in total. The van der Waals surface area contributed by atoms with Gasteiger partial charge in [-0.15, -0.1) is 0 Å². The van der Waals surface area contributed by atoms with Gasteiger partial charge in [0.15, 0.2) is 11.5 Å². The Morgan fingerprint density at radius 3 is 2.86 bits per heavy atom. The molecule has 6 heterocycles. The zero-order valence-electron chi connectivity index (χ0n) is 19.2. The molecule has 0 unspecified atom stereocenters. The van der Waals surface area contributed by atoms with E-state index >= 15 is 0 Å². The number of hydrogen-bond acceptors (Lipinski definition) is 8. The number of nitrogens with one attached hydrogen (secondary N) is 2. The second-order valence-electron chi connectivity index (χ2n) is 8.40. The molecule has 0 aliphatic heterocycles. The fourth-order valence-corrected chi connectivity index (χ4v) is 3.91. The lowest BCUT2D eigenvalue weighted by Crippen LogP contribution is -2.19. The predicted molar refractivity (Wildman–Crippen MR) is 132 cm³/mol. The molecule has 0 saturated carbocycles. The molecule has 0 spiro atoms. The van der Waals surface area contributed by atoms with Gasteiger partial charge in [0.05, 0.1) is 36.1 Å². The Morgan fingerprint density at radius 2 is 2.00 bits per heavy atom. The van der Waals surface area contributed by atoms with Gasteiger partial charge in [0.1, 0.15) is 23.6 Å². The van der Waals surface area contributed by atoms with Crippen molar-refractivity contribution in [1.82, 2.24) is 40.0 Å². The highest BCUT2D eigenvalue weighted by Crippen LogP contribution is 2.32. The summed E-state index contributed by atoms with van der Waals surface area (Å²) in [5, 5.41) is 8.45. The number of imidazole rings is 1. The van der Waals surface area contributed by atoms with Gasteiger partial charge in [-0.25, -0.2) is 9.97 Å². The normalized spacial score (nSPS) is 11.6. The van der Waals surface area contributed by atoms with Crippen LogP contribution in [0.5, 0.6) is 5.75 Å². The van der Waals surface area contributed by atoms with Crippen LogP contribution in [0.25, 0.3) is 56.0 Å². The Morgan fingerprint density at radius 1 is 1.06 bits per heavy atom. The van der Waals surface area contributed by atoms with Crippen molar-refractivity contribution in [2.75, 3.05) is 27.2 Å². The fraction of sp³-hybridized carbons (Fsp3) is 0.160. The molecule has 10 heteroatoms. The van der Waals surface area contributed by atoms with Gasteiger partial charge in [0.25, 0.3) is 0 Å². The molecule has 0 aromatic carbocycles. The van der Waals surface area contributed by atoms with Crippen molar-refractivity contribution in [3.8, 4) is 39.7 Å². The summed E-state index contributed by atoms with van der Waals surface area (Å²) in [5.41, 5.74) is 6.41. The highest BCUT2D eigenvalue weighted by atomic mass is 16.5. The second kappa shape index (κ2) is 8.65. The average Bonchev–Trinajstić information content (AvgIpc) is 3.62. The Kier molecular flexibility index (Phi) is 5.19. The molecule has 0 atom stereocenters. The summed E-state index contributed by atoms with van der Waals surface area (Å²) in [6.45, 7) is 1.40. The third kappa shape index (κ3) is 4.00. The Bertz CT molecular complexity index is 1620. The van der Waals surface area contributed by atoms with E-state index < -0.39 is 0 Å². The first-order valence-corrected chi connectivity index (χ1v) is 11.1. The molecule has 0 amide bonds. The maximum Gasteiger partial charge on any atom is 0.160 e. The van der Waals surface area contributed by atoms with E-state index in [1.807, 2.05) is 38.4 Å². The molecule has 0 saturated heterocycles. The largest absolute Gasteiger partial charge is 0.491 e. The van der Waals surface area contributed by atoms with Crippen molar-refractivity contribution >= 4 is 22.1 Å². The van der Waals surface area contributed by atoms with Gasteiger partial charge in [0.2, 0.25) is 0 Å². The number of pyridine rings is 3. The maximum atomic E-state index is 5.84. The summed E-state index contributed by atoms with van der Waals surface area (Å²) in [5.74, 6) is 1.32. The lowest BCUT2D eigenvalue weighted by atomic mass is 10.1. The monoisotopic (exact) mass is 466 g/mol. The van der Waals surface area contributed by atoms with Crippen molar-refractivity contribution < 1.29 is 9.15 Å². The topological polar surface area (TPSA) is 122 Å². The van der Waals surface area contributed by atoms with Crippen LogP contribution < -0.4 is 4.74 Å². The third-order valence-corrected chi connectivity index (χ3v) is 5.70. The van der Waals surface area contributed by atoms with Crippen molar-refractivity contribution in [2.24, 2.45) is 0 Å². The number of fused-ring (bicyclic) bond motifs is 2. The first-order valence-electron chi connectivity index (χ1n) is 11.1. The van der Waals surface area contributed by atoms with Crippen LogP contribution in [-0.4, -0.2) is 67.3 Å². The van der Waals surface area contributed by atoms with Gasteiger partial charge in [-0.3, -0.25) is 15.1 Å². The first-order chi connectivity index (χ1) is 17.2. The smallest absolute Gasteiger partial charge is 0.160 e. The van der Waals surface area contributed by atoms with E-state index in [-0.39, 0.29) is 0 Å². The second-order valence-corrected chi connectivity index (χ2v) is 8.40. The van der Waals surface area contributed by atoms with Gasteiger partial charge < -0.3 is 19.0 Å². The van der Waals surface area contributed by atoms with Gasteiger partial charge in [-0.2, -0.15) is 5.10 Å². The fourth-order valence-electron chi connectivity index (χ4n) is 3.91. The van der Waals surface area contributed by atoms with Crippen LogP contribution >= 0.6 is 0 Å². The van der Waals surface area contributed by atoms with Crippen LogP contribution in [-0.2, 0) is 0 Å². The quantitative estimate of drug-likeness (QED) is 0.360. The lowest BCUT2D eigenvalue weighted by Gasteiger charge is -2.11. The van der Waals surface area contributed by atoms with Crippen LogP contribution in [0.2, 0.25) is 0 Å². The number of rotatable bonds is 7. The summed E-state index contributed by atoms with van der Waals surface area (Å²) in [7, 11) is 4.02. The number of H-pyrrole nitrogens is 2. The Balaban J connectivity index is 1.38. The van der Waals surface area contributed by atoms with E-state index in [4.69, 9.17) is 14.1 Å². The lowest BCUT2D eigenvalue weighted by molar-refractivity contribution is 0.261. The minimum absolute atomic E-state index is 0.581. The third-order valence-electron chi connectivity index (χ3n) is 5.70. The average molecular weight is 467 g/mol. The first kappa shape index (κ1) is 21.0. The Hall–Kier alpha value is -4.57. The molecule has 174 valence electrons. The summed E-state index contributed by atoms with van der Waals surface area (Å²) in [4.78, 5) is 23.6. The van der Waals surface area contributed by atoms with E-state index in [0.29, 0.717) is 29.5 Å². The SMILES string of the molecule is CN(C)CCOc1cncc(-c2cc3c(-c4nc5c(-c6ccoc6)ccnc5[nH]4)n[nH]c3cn2)c1. The number of aromatic nitrogens is 7. The number of hydrogen-bond donors (Lipinski definition) is 2. The van der Waals surface area contributed by atoms with Gasteiger partial charge in [-0.05, 0) is 38.4 Å². The minimum atomic E-state index is 0.581. The zero-order chi connectivity index (χ0) is 23.8. The number of likely N-dealkylation sites (N-methyl/N-ethyl adjacent to an activating group) is 1. The molecule has 0 aliphatic rings. The van der Waals surface area contributed by atoms with E-state index in [2.05, 4.69) is 35.0 Å². The summed E-state index contributed by atoms with van der Waals surface area (Å²) < 4.78 is 11.1. The van der Waals surface area contributed by atoms with Gasteiger partial charge >= 0.3 is 0 Å². The van der Waals surface area contributed by atoms with Gasteiger partial charge in [-0.1, -0.05) is 0 Å². The highest BCUT2D eigenvalue weighted by molar-refractivity contribution is 5.96. The maximum absolute atomic E-state index is 5.84. The van der Waals surface area contributed by atoms with Crippen LogP contribution in [0.4, 0.5) is 0 Å².